The van der Waals surface area contributed by atoms with Crippen LogP contribution in [0.4, 0.5) is 0 Å². The van der Waals surface area contributed by atoms with Crippen LogP contribution in [0.2, 0.25) is 0 Å². The fourth-order valence-corrected chi connectivity index (χ4v) is 6.14. The van der Waals surface area contributed by atoms with E-state index in [0.29, 0.717) is 11.3 Å². The lowest BCUT2D eigenvalue weighted by atomic mass is 9.81. The highest BCUT2D eigenvalue weighted by Gasteiger charge is 2.55. The Labute approximate surface area is 214 Å². The third kappa shape index (κ3) is 2.85. The number of fused-ring (bicyclic) bond motifs is 3. The highest BCUT2D eigenvalue weighted by Crippen LogP contribution is 2.52. The molecule has 0 fully saturated rings. The monoisotopic (exact) mass is 483 g/mol. The molecule has 5 heterocycles. The van der Waals surface area contributed by atoms with Crippen LogP contribution < -0.4 is 0 Å². The molecule has 5 nitrogen and oxygen atoms in total. The van der Waals surface area contributed by atoms with Crippen LogP contribution >= 0.6 is 0 Å². The minimum absolute atomic E-state index is 0.360. The molecule has 180 valence electrons. The maximum Gasteiger partial charge on any atom is 0.341 e. The predicted octanol–water partition coefficient (Wildman–Crippen LogP) is 6.75. The van der Waals surface area contributed by atoms with Crippen LogP contribution in [0.3, 0.4) is 0 Å². The van der Waals surface area contributed by atoms with Gasteiger partial charge in [0, 0.05) is 52.2 Å². The molecular weight excluding hydrogens is 458 g/mol. The molecule has 0 amide bonds. The van der Waals surface area contributed by atoms with Gasteiger partial charge in [0.1, 0.15) is 5.69 Å². The summed E-state index contributed by atoms with van der Waals surface area (Å²) in [5, 5.41) is 1.05. The lowest BCUT2D eigenvalue weighted by Gasteiger charge is -2.31. The molecule has 4 aromatic heterocycles. The highest BCUT2D eigenvalue weighted by molar-refractivity contribution is 5.99. The lowest BCUT2D eigenvalue weighted by molar-refractivity contribution is 0.0232. The summed E-state index contributed by atoms with van der Waals surface area (Å²) in [5.74, 6) is -0.360. The molecule has 0 saturated heterocycles. The second-order valence-electron chi connectivity index (χ2n) is 9.46. The van der Waals surface area contributed by atoms with E-state index in [1.807, 2.05) is 48.7 Å². The number of hydrogen-bond acceptors (Lipinski definition) is 3. The molecule has 2 aromatic carbocycles. The van der Waals surface area contributed by atoms with E-state index in [2.05, 4.69) is 65.3 Å². The topological polar surface area (TPSA) is 48.5 Å². The number of ether oxygens (including phenoxy) is 1. The van der Waals surface area contributed by atoms with Gasteiger partial charge in [0.25, 0.3) is 0 Å². The summed E-state index contributed by atoms with van der Waals surface area (Å²) in [4.78, 5) is 18.4. The van der Waals surface area contributed by atoms with Crippen molar-refractivity contribution in [2.75, 3.05) is 0 Å². The SMILES string of the molecule is CCn1c(C)c(C2(c3c(-c4ccccc4)cc4ccccn34)OC(=O)c3cccnc32)c2ccccc21. The van der Waals surface area contributed by atoms with Gasteiger partial charge in [-0.05, 0) is 55.8 Å². The molecule has 37 heavy (non-hydrogen) atoms. The molecular formula is C32H25N3O2. The number of cyclic esters (lactones) is 1. The Balaban J connectivity index is 1.72. The van der Waals surface area contributed by atoms with Gasteiger partial charge in [-0.25, -0.2) is 4.79 Å². The number of hydrogen-bond donors (Lipinski definition) is 0. The van der Waals surface area contributed by atoms with E-state index < -0.39 is 5.60 Å². The summed E-state index contributed by atoms with van der Waals surface area (Å²) in [5.41, 5.74) is 6.97. The Hall–Kier alpha value is -4.64. The van der Waals surface area contributed by atoms with Crippen LogP contribution in [0.1, 0.15) is 39.9 Å². The van der Waals surface area contributed by atoms with Crippen molar-refractivity contribution in [2.24, 2.45) is 0 Å². The van der Waals surface area contributed by atoms with Gasteiger partial charge in [0.2, 0.25) is 5.60 Å². The summed E-state index contributed by atoms with van der Waals surface area (Å²) in [6.45, 7) is 5.06. The molecule has 0 aliphatic carbocycles. The largest absolute Gasteiger partial charge is 0.437 e. The number of aryl methyl sites for hydroxylation is 1. The minimum Gasteiger partial charge on any atom is -0.437 e. The fourth-order valence-electron chi connectivity index (χ4n) is 6.14. The molecule has 0 bridgehead atoms. The average Bonchev–Trinajstić information content (AvgIpc) is 3.57. The maximum atomic E-state index is 13.6. The van der Waals surface area contributed by atoms with E-state index >= 15 is 0 Å². The van der Waals surface area contributed by atoms with Crippen molar-refractivity contribution < 1.29 is 9.53 Å². The summed E-state index contributed by atoms with van der Waals surface area (Å²) in [7, 11) is 0. The zero-order valence-corrected chi connectivity index (χ0v) is 20.7. The standard InChI is InChI=1S/C32H25N3O2/c1-3-34-21(2)28(24-15-7-8-17-27(24)34)32(29-25(31(36)37-32)16-11-18-33-29)30-26(22-12-5-4-6-13-22)20-23-14-9-10-19-35(23)30/h4-20H,3H2,1-2H3. The Bertz CT molecular complexity index is 1830. The molecule has 1 unspecified atom stereocenters. The molecule has 1 aliphatic rings. The van der Waals surface area contributed by atoms with Crippen molar-refractivity contribution >= 4 is 22.4 Å². The third-order valence-corrected chi connectivity index (χ3v) is 7.60. The van der Waals surface area contributed by atoms with Crippen LogP contribution in [0.15, 0.2) is 103 Å². The normalized spacial score (nSPS) is 16.9. The lowest BCUT2D eigenvalue weighted by Crippen LogP contribution is -2.33. The molecule has 5 heteroatoms. The second-order valence-corrected chi connectivity index (χ2v) is 9.46. The quantitative estimate of drug-likeness (QED) is 0.261. The summed E-state index contributed by atoms with van der Waals surface area (Å²) < 4.78 is 11.1. The number of rotatable bonds is 4. The number of nitrogens with zero attached hydrogens (tertiary/aromatic N) is 3. The molecule has 0 N–H and O–H groups in total. The third-order valence-electron chi connectivity index (χ3n) is 7.60. The van der Waals surface area contributed by atoms with E-state index in [9.17, 15) is 4.79 Å². The molecule has 1 atom stereocenters. The van der Waals surface area contributed by atoms with Crippen LogP contribution in [0.5, 0.6) is 0 Å². The second kappa shape index (κ2) is 7.93. The van der Waals surface area contributed by atoms with Gasteiger partial charge in [-0.2, -0.15) is 0 Å². The smallest absolute Gasteiger partial charge is 0.341 e. The first kappa shape index (κ1) is 21.6. The molecule has 7 rings (SSSR count). The number of esters is 1. The first-order valence-electron chi connectivity index (χ1n) is 12.6. The Kier molecular flexibility index (Phi) is 4.64. The van der Waals surface area contributed by atoms with Crippen molar-refractivity contribution in [1.82, 2.24) is 14.0 Å². The number of carbonyl (C=O) groups excluding carboxylic acids is 1. The zero-order valence-electron chi connectivity index (χ0n) is 20.7. The van der Waals surface area contributed by atoms with Crippen molar-refractivity contribution in [3.05, 3.63) is 132 Å². The predicted molar refractivity (Wildman–Crippen MR) is 145 cm³/mol. The molecule has 0 spiro atoms. The van der Waals surface area contributed by atoms with Crippen molar-refractivity contribution in [2.45, 2.75) is 26.0 Å². The van der Waals surface area contributed by atoms with Crippen molar-refractivity contribution in [3.8, 4) is 11.1 Å². The van der Waals surface area contributed by atoms with Crippen molar-refractivity contribution in [1.29, 1.82) is 0 Å². The fraction of sp³-hybridized carbons (Fsp3) is 0.125. The number of para-hydroxylation sites is 1. The van der Waals surface area contributed by atoms with Gasteiger partial charge in [-0.1, -0.05) is 54.6 Å². The van der Waals surface area contributed by atoms with Gasteiger partial charge in [0.05, 0.1) is 11.3 Å². The number of carbonyl (C=O) groups is 1. The number of aromatic nitrogens is 3. The Morgan fingerprint density at radius 1 is 0.892 bits per heavy atom. The molecule has 0 saturated carbocycles. The Morgan fingerprint density at radius 2 is 1.68 bits per heavy atom. The first-order chi connectivity index (χ1) is 18.1. The summed E-state index contributed by atoms with van der Waals surface area (Å²) in [6.07, 6.45) is 3.80. The van der Waals surface area contributed by atoms with E-state index in [4.69, 9.17) is 9.72 Å². The van der Waals surface area contributed by atoms with E-state index in [1.54, 1.807) is 12.3 Å². The van der Waals surface area contributed by atoms with Gasteiger partial charge in [-0.3, -0.25) is 4.98 Å². The summed E-state index contributed by atoms with van der Waals surface area (Å²) in [6, 6.07) is 30.6. The van der Waals surface area contributed by atoms with E-state index in [1.165, 1.54) is 0 Å². The van der Waals surface area contributed by atoms with Gasteiger partial charge >= 0.3 is 5.97 Å². The minimum atomic E-state index is -1.24. The maximum absolute atomic E-state index is 13.6. The van der Waals surface area contributed by atoms with Crippen LogP contribution in [0.25, 0.3) is 27.5 Å². The average molecular weight is 484 g/mol. The molecule has 1 aliphatic heterocycles. The van der Waals surface area contributed by atoms with E-state index in [0.717, 1.165) is 51.0 Å². The highest BCUT2D eigenvalue weighted by atomic mass is 16.6. The first-order valence-corrected chi connectivity index (χ1v) is 12.6. The van der Waals surface area contributed by atoms with Crippen LogP contribution in [0, 0.1) is 6.92 Å². The molecule has 6 aromatic rings. The van der Waals surface area contributed by atoms with Gasteiger partial charge in [0.15, 0.2) is 0 Å². The number of benzene rings is 2. The summed E-state index contributed by atoms with van der Waals surface area (Å²) >= 11 is 0. The van der Waals surface area contributed by atoms with Gasteiger partial charge < -0.3 is 13.7 Å². The van der Waals surface area contributed by atoms with E-state index in [-0.39, 0.29) is 5.97 Å². The Morgan fingerprint density at radius 3 is 2.51 bits per heavy atom. The molecule has 0 radical (unpaired) electrons. The number of pyridine rings is 2. The van der Waals surface area contributed by atoms with Gasteiger partial charge in [-0.15, -0.1) is 0 Å². The zero-order chi connectivity index (χ0) is 25.1. The van der Waals surface area contributed by atoms with Crippen LogP contribution in [-0.4, -0.2) is 19.9 Å². The van der Waals surface area contributed by atoms with Crippen molar-refractivity contribution in [3.63, 3.8) is 0 Å². The van der Waals surface area contributed by atoms with Crippen LogP contribution in [-0.2, 0) is 16.9 Å².